The lowest BCUT2D eigenvalue weighted by Gasteiger charge is -2.10. The molecule has 0 aliphatic carbocycles. The average molecular weight is 357 g/mol. The minimum Gasteiger partial charge on any atom is -0.494 e. The number of hydrogen-bond donors (Lipinski definition) is 2. The van der Waals surface area contributed by atoms with E-state index in [4.69, 9.17) is 4.74 Å². The standard InChI is InChI=1S/C15H21BrN2O3/c1-3-13(16)15(20)17-9-8-14(19)18-11-6-5-7-12(10-11)21-4-2/h5-7,10,13H,3-4,8-9H2,1-2H3,(H,17,20)(H,18,19). The van der Waals surface area contributed by atoms with Crippen LogP contribution >= 0.6 is 15.9 Å². The molecule has 1 rings (SSSR count). The summed E-state index contributed by atoms with van der Waals surface area (Å²) in [6, 6.07) is 7.22. The minimum absolute atomic E-state index is 0.0938. The molecule has 0 saturated heterocycles. The van der Waals surface area contributed by atoms with Gasteiger partial charge in [0.15, 0.2) is 0 Å². The Hall–Kier alpha value is -1.56. The summed E-state index contributed by atoms with van der Waals surface area (Å²) in [4.78, 5) is 23.1. The molecule has 2 amide bonds. The molecular formula is C15H21BrN2O3. The van der Waals surface area contributed by atoms with Gasteiger partial charge in [0, 0.05) is 24.7 Å². The first kappa shape index (κ1) is 17.5. The van der Waals surface area contributed by atoms with Gasteiger partial charge in [0.2, 0.25) is 11.8 Å². The van der Waals surface area contributed by atoms with Gasteiger partial charge in [-0.05, 0) is 25.5 Å². The van der Waals surface area contributed by atoms with E-state index in [0.29, 0.717) is 31.0 Å². The van der Waals surface area contributed by atoms with Crippen molar-refractivity contribution in [3.05, 3.63) is 24.3 Å². The van der Waals surface area contributed by atoms with Gasteiger partial charge >= 0.3 is 0 Å². The topological polar surface area (TPSA) is 67.4 Å². The van der Waals surface area contributed by atoms with Gasteiger partial charge in [-0.1, -0.05) is 28.9 Å². The molecule has 0 spiro atoms. The summed E-state index contributed by atoms with van der Waals surface area (Å²) in [5.74, 6) is 0.476. The normalized spacial score (nSPS) is 11.6. The Morgan fingerprint density at radius 1 is 1.33 bits per heavy atom. The summed E-state index contributed by atoms with van der Waals surface area (Å²) in [7, 11) is 0. The average Bonchev–Trinajstić information content (AvgIpc) is 2.47. The Morgan fingerprint density at radius 2 is 2.10 bits per heavy atom. The van der Waals surface area contributed by atoms with E-state index in [2.05, 4.69) is 26.6 Å². The number of halogens is 1. The number of amides is 2. The van der Waals surface area contributed by atoms with Crippen LogP contribution < -0.4 is 15.4 Å². The molecule has 116 valence electrons. The number of ether oxygens (including phenoxy) is 1. The highest BCUT2D eigenvalue weighted by Crippen LogP contribution is 2.17. The largest absolute Gasteiger partial charge is 0.494 e. The van der Waals surface area contributed by atoms with Gasteiger partial charge in [0.05, 0.1) is 11.4 Å². The molecular weight excluding hydrogens is 336 g/mol. The number of carbonyl (C=O) groups excluding carboxylic acids is 2. The summed E-state index contributed by atoms with van der Waals surface area (Å²) in [5, 5.41) is 5.49. The summed E-state index contributed by atoms with van der Waals surface area (Å²) >= 11 is 3.26. The van der Waals surface area contributed by atoms with Crippen LogP contribution in [0.4, 0.5) is 5.69 Å². The fraction of sp³-hybridized carbons (Fsp3) is 0.467. The highest BCUT2D eigenvalue weighted by atomic mass is 79.9. The molecule has 5 nitrogen and oxygen atoms in total. The quantitative estimate of drug-likeness (QED) is 0.703. The maximum absolute atomic E-state index is 11.8. The predicted molar refractivity (Wildman–Crippen MR) is 86.9 cm³/mol. The molecule has 0 saturated carbocycles. The number of rotatable bonds is 8. The van der Waals surface area contributed by atoms with Crippen LogP contribution in [0.25, 0.3) is 0 Å². The number of nitrogens with one attached hydrogen (secondary N) is 2. The molecule has 0 aliphatic rings. The molecule has 1 aromatic rings. The van der Waals surface area contributed by atoms with Crippen LogP contribution in [0.2, 0.25) is 0 Å². The van der Waals surface area contributed by atoms with Gasteiger partial charge in [0.25, 0.3) is 0 Å². The Labute approximate surface area is 133 Å². The fourth-order valence-electron chi connectivity index (χ4n) is 1.65. The molecule has 0 aliphatic heterocycles. The third-order valence-corrected chi connectivity index (χ3v) is 3.79. The second kappa shape index (κ2) is 9.39. The van der Waals surface area contributed by atoms with E-state index < -0.39 is 0 Å². The van der Waals surface area contributed by atoms with E-state index in [1.54, 1.807) is 12.1 Å². The Balaban J connectivity index is 2.37. The molecule has 1 unspecified atom stereocenters. The van der Waals surface area contributed by atoms with Crippen molar-refractivity contribution in [2.45, 2.75) is 31.5 Å². The van der Waals surface area contributed by atoms with Gasteiger partial charge in [-0.15, -0.1) is 0 Å². The summed E-state index contributed by atoms with van der Waals surface area (Å²) in [5.41, 5.74) is 0.684. The van der Waals surface area contributed by atoms with Gasteiger partial charge in [-0.3, -0.25) is 9.59 Å². The van der Waals surface area contributed by atoms with E-state index in [1.165, 1.54) is 0 Å². The van der Waals surface area contributed by atoms with Gasteiger partial charge in [0.1, 0.15) is 5.75 Å². The zero-order valence-corrected chi connectivity index (χ0v) is 13.9. The zero-order valence-electron chi connectivity index (χ0n) is 12.3. The zero-order chi connectivity index (χ0) is 15.7. The summed E-state index contributed by atoms with van der Waals surface area (Å²) < 4.78 is 5.37. The number of hydrogen-bond acceptors (Lipinski definition) is 3. The lowest BCUT2D eigenvalue weighted by molar-refractivity contribution is -0.120. The summed E-state index contributed by atoms with van der Waals surface area (Å²) in [6.45, 7) is 4.71. The number of benzene rings is 1. The van der Waals surface area contributed by atoms with Crippen LogP contribution in [-0.4, -0.2) is 29.8 Å². The first-order valence-electron chi connectivity index (χ1n) is 7.01. The maximum Gasteiger partial charge on any atom is 0.233 e. The first-order chi connectivity index (χ1) is 10.1. The van der Waals surface area contributed by atoms with Crippen LogP contribution in [0.15, 0.2) is 24.3 Å². The smallest absolute Gasteiger partial charge is 0.233 e. The maximum atomic E-state index is 11.8. The monoisotopic (exact) mass is 356 g/mol. The van der Waals surface area contributed by atoms with Crippen LogP contribution in [-0.2, 0) is 9.59 Å². The van der Waals surface area contributed by atoms with E-state index in [9.17, 15) is 9.59 Å². The third-order valence-electron chi connectivity index (χ3n) is 2.72. The molecule has 1 atom stereocenters. The molecule has 0 radical (unpaired) electrons. The number of alkyl halides is 1. The molecule has 2 N–H and O–H groups in total. The lowest BCUT2D eigenvalue weighted by atomic mass is 10.3. The van der Waals surface area contributed by atoms with Crippen molar-refractivity contribution in [1.29, 1.82) is 0 Å². The predicted octanol–water partition coefficient (Wildman–Crippen LogP) is 2.70. The molecule has 0 fully saturated rings. The Morgan fingerprint density at radius 3 is 2.76 bits per heavy atom. The van der Waals surface area contributed by atoms with E-state index in [0.717, 1.165) is 0 Å². The molecule has 0 aromatic heterocycles. The number of carbonyl (C=O) groups is 2. The highest BCUT2D eigenvalue weighted by molar-refractivity contribution is 9.10. The van der Waals surface area contributed by atoms with E-state index in [-0.39, 0.29) is 23.1 Å². The molecule has 21 heavy (non-hydrogen) atoms. The van der Waals surface area contributed by atoms with E-state index >= 15 is 0 Å². The SMILES string of the molecule is CCOc1cccc(NC(=O)CCNC(=O)C(Br)CC)c1. The van der Waals surface area contributed by atoms with Gasteiger partial charge in [-0.25, -0.2) is 0 Å². The molecule has 1 aromatic carbocycles. The van der Waals surface area contributed by atoms with Crippen LogP contribution in [0.5, 0.6) is 5.75 Å². The Kier molecular flexibility index (Phi) is 7.82. The van der Waals surface area contributed by atoms with Crippen LogP contribution in [0.3, 0.4) is 0 Å². The van der Waals surface area contributed by atoms with Crippen molar-refractivity contribution in [2.75, 3.05) is 18.5 Å². The molecule has 6 heteroatoms. The van der Waals surface area contributed by atoms with Crippen molar-refractivity contribution in [2.24, 2.45) is 0 Å². The number of anilines is 1. The van der Waals surface area contributed by atoms with Crippen molar-refractivity contribution in [3.8, 4) is 5.75 Å². The van der Waals surface area contributed by atoms with Crippen molar-refractivity contribution < 1.29 is 14.3 Å². The second-order valence-electron chi connectivity index (χ2n) is 4.43. The lowest BCUT2D eigenvalue weighted by Crippen LogP contribution is -2.33. The first-order valence-corrected chi connectivity index (χ1v) is 7.92. The third kappa shape index (κ3) is 6.62. The van der Waals surface area contributed by atoms with Crippen molar-refractivity contribution in [1.82, 2.24) is 5.32 Å². The van der Waals surface area contributed by atoms with Crippen LogP contribution in [0.1, 0.15) is 26.7 Å². The summed E-state index contributed by atoms with van der Waals surface area (Å²) in [6.07, 6.45) is 0.941. The van der Waals surface area contributed by atoms with Crippen LogP contribution in [0, 0.1) is 0 Å². The Bertz CT molecular complexity index is 480. The molecule has 0 bridgehead atoms. The van der Waals surface area contributed by atoms with Gasteiger partial charge in [-0.2, -0.15) is 0 Å². The van der Waals surface area contributed by atoms with Crippen molar-refractivity contribution in [3.63, 3.8) is 0 Å². The second-order valence-corrected chi connectivity index (χ2v) is 5.53. The van der Waals surface area contributed by atoms with E-state index in [1.807, 2.05) is 26.0 Å². The fourth-order valence-corrected chi connectivity index (χ4v) is 1.81. The van der Waals surface area contributed by atoms with Gasteiger partial charge < -0.3 is 15.4 Å². The molecule has 0 heterocycles. The highest BCUT2D eigenvalue weighted by Gasteiger charge is 2.12. The minimum atomic E-state index is -0.205. The van der Waals surface area contributed by atoms with Crippen molar-refractivity contribution >= 4 is 33.4 Å².